The summed E-state index contributed by atoms with van der Waals surface area (Å²) in [5.74, 6) is -0.810. The highest BCUT2D eigenvalue weighted by atomic mass is 32.1. The Kier molecular flexibility index (Phi) is 3.41. The number of thiophene rings is 1. The number of hydrogen-bond donors (Lipinski definition) is 2. The van der Waals surface area contributed by atoms with Crippen molar-refractivity contribution in [1.82, 2.24) is 0 Å². The largest absolute Gasteiger partial charge is 0.481 e. The molecule has 2 aromatic rings. The molecule has 1 aromatic carbocycles. The van der Waals surface area contributed by atoms with E-state index in [1.807, 2.05) is 37.4 Å². The Morgan fingerprint density at radius 2 is 2.11 bits per heavy atom. The van der Waals surface area contributed by atoms with Crippen LogP contribution in [-0.4, -0.2) is 11.1 Å². The SMILES string of the molecule is CC(C)(CC(=O)O)C(N)c1csc2ccccc12. The van der Waals surface area contributed by atoms with Gasteiger partial charge in [-0.05, 0) is 27.8 Å². The Labute approximate surface area is 110 Å². The normalized spacial score (nSPS) is 13.7. The van der Waals surface area contributed by atoms with Gasteiger partial charge in [0.05, 0.1) is 6.42 Å². The molecule has 1 aromatic heterocycles. The Morgan fingerprint density at radius 3 is 2.78 bits per heavy atom. The van der Waals surface area contributed by atoms with Crippen LogP contribution in [0.2, 0.25) is 0 Å². The molecule has 0 bridgehead atoms. The van der Waals surface area contributed by atoms with E-state index in [9.17, 15) is 4.79 Å². The Morgan fingerprint density at radius 1 is 1.44 bits per heavy atom. The van der Waals surface area contributed by atoms with E-state index in [2.05, 4.69) is 6.07 Å². The maximum absolute atomic E-state index is 10.9. The molecule has 0 fully saturated rings. The highest BCUT2D eigenvalue weighted by Gasteiger charge is 2.31. The van der Waals surface area contributed by atoms with Gasteiger partial charge in [-0.1, -0.05) is 32.0 Å². The average Bonchev–Trinajstić information content (AvgIpc) is 2.69. The number of hydrogen-bond acceptors (Lipinski definition) is 3. The monoisotopic (exact) mass is 263 g/mol. The van der Waals surface area contributed by atoms with Gasteiger partial charge >= 0.3 is 5.97 Å². The molecule has 1 heterocycles. The number of carboxylic acids is 1. The molecule has 0 aliphatic rings. The third kappa shape index (κ3) is 2.40. The van der Waals surface area contributed by atoms with Crippen LogP contribution in [0.4, 0.5) is 0 Å². The van der Waals surface area contributed by atoms with Crippen molar-refractivity contribution in [3.05, 3.63) is 35.2 Å². The summed E-state index contributed by atoms with van der Waals surface area (Å²) in [5.41, 5.74) is 6.86. The first kappa shape index (κ1) is 13.1. The van der Waals surface area contributed by atoms with Gasteiger partial charge in [-0.3, -0.25) is 4.79 Å². The molecule has 0 radical (unpaired) electrons. The van der Waals surface area contributed by atoms with Gasteiger partial charge in [0, 0.05) is 10.7 Å². The lowest BCUT2D eigenvalue weighted by Gasteiger charge is -2.30. The number of fused-ring (bicyclic) bond motifs is 1. The molecular weight excluding hydrogens is 246 g/mol. The van der Waals surface area contributed by atoms with E-state index < -0.39 is 11.4 Å². The molecular formula is C14H17NO2S. The second-order valence-electron chi connectivity index (χ2n) is 5.22. The third-order valence-electron chi connectivity index (χ3n) is 3.29. The summed E-state index contributed by atoms with van der Waals surface area (Å²) in [6, 6.07) is 7.80. The molecule has 1 unspecified atom stereocenters. The van der Waals surface area contributed by atoms with Crippen molar-refractivity contribution < 1.29 is 9.90 Å². The van der Waals surface area contributed by atoms with Crippen LogP contribution in [0.3, 0.4) is 0 Å². The lowest BCUT2D eigenvalue weighted by Crippen LogP contribution is -2.31. The molecule has 3 N–H and O–H groups in total. The highest BCUT2D eigenvalue weighted by molar-refractivity contribution is 7.17. The van der Waals surface area contributed by atoms with Gasteiger partial charge in [0.15, 0.2) is 0 Å². The minimum atomic E-state index is -0.810. The summed E-state index contributed by atoms with van der Waals surface area (Å²) in [5, 5.41) is 12.1. The molecule has 1 atom stereocenters. The minimum Gasteiger partial charge on any atom is -0.481 e. The molecule has 18 heavy (non-hydrogen) atoms. The smallest absolute Gasteiger partial charge is 0.303 e. The molecule has 3 nitrogen and oxygen atoms in total. The summed E-state index contributed by atoms with van der Waals surface area (Å²) in [6.07, 6.45) is 0.0678. The van der Waals surface area contributed by atoms with Crippen LogP contribution in [0.5, 0.6) is 0 Å². The summed E-state index contributed by atoms with van der Waals surface area (Å²) >= 11 is 1.65. The number of rotatable bonds is 4. The predicted molar refractivity (Wildman–Crippen MR) is 74.8 cm³/mol. The molecule has 0 saturated carbocycles. The number of benzene rings is 1. The predicted octanol–water partition coefficient (Wildman–Crippen LogP) is 3.40. The van der Waals surface area contributed by atoms with Crippen molar-refractivity contribution in [3.8, 4) is 0 Å². The van der Waals surface area contributed by atoms with Gasteiger partial charge in [0.1, 0.15) is 0 Å². The first-order chi connectivity index (χ1) is 8.42. The van der Waals surface area contributed by atoms with Crippen LogP contribution >= 0.6 is 11.3 Å². The molecule has 2 rings (SSSR count). The van der Waals surface area contributed by atoms with Crippen LogP contribution in [0.25, 0.3) is 10.1 Å². The van der Waals surface area contributed by atoms with Crippen molar-refractivity contribution in [1.29, 1.82) is 0 Å². The fraction of sp³-hybridized carbons (Fsp3) is 0.357. The molecule has 0 saturated heterocycles. The van der Waals surface area contributed by atoms with Gasteiger partial charge in [-0.2, -0.15) is 0 Å². The summed E-state index contributed by atoms with van der Waals surface area (Å²) in [4.78, 5) is 10.9. The second-order valence-corrected chi connectivity index (χ2v) is 6.14. The summed E-state index contributed by atoms with van der Waals surface area (Å²) in [7, 11) is 0. The van der Waals surface area contributed by atoms with Crippen LogP contribution < -0.4 is 5.73 Å². The number of aliphatic carboxylic acids is 1. The maximum atomic E-state index is 10.9. The molecule has 96 valence electrons. The highest BCUT2D eigenvalue weighted by Crippen LogP contribution is 2.39. The van der Waals surface area contributed by atoms with Crippen LogP contribution in [0.1, 0.15) is 31.9 Å². The zero-order chi connectivity index (χ0) is 13.3. The van der Waals surface area contributed by atoms with Crippen LogP contribution in [0.15, 0.2) is 29.6 Å². The topological polar surface area (TPSA) is 63.3 Å². The van der Waals surface area contributed by atoms with Crippen LogP contribution in [-0.2, 0) is 4.79 Å². The summed E-state index contributed by atoms with van der Waals surface area (Å²) in [6.45, 7) is 3.80. The average molecular weight is 263 g/mol. The van der Waals surface area contributed by atoms with Gasteiger partial charge in [0.25, 0.3) is 0 Å². The standard InChI is InChI=1S/C14H17NO2S/c1-14(2,7-12(16)17)13(15)10-8-18-11-6-4-3-5-9(10)11/h3-6,8,13H,7,15H2,1-2H3,(H,16,17). The molecule has 0 amide bonds. The van der Waals surface area contributed by atoms with Crippen molar-refractivity contribution >= 4 is 27.4 Å². The van der Waals surface area contributed by atoms with E-state index in [1.165, 1.54) is 4.70 Å². The van der Waals surface area contributed by atoms with E-state index >= 15 is 0 Å². The van der Waals surface area contributed by atoms with E-state index in [-0.39, 0.29) is 12.5 Å². The first-order valence-electron chi connectivity index (χ1n) is 5.85. The molecule has 0 aliphatic heterocycles. The van der Waals surface area contributed by atoms with Crippen molar-refractivity contribution in [2.24, 2.45) is 11.1 Å². The molecule has 0 spiro atoms. The lowest BCUT2D eigenvalue weighted by atomic mass is 9.78. The Hall–Kier alpha value is -1.39. The van der Waals surface area contributed by atoms with Crippen molar-refractivity contribution in [2.45, 2.75) is 26.3 Å². The van der Waals surface area contributed by atoms with E-state index in [1.54, 1.807) is 11.3 Å². The zero-order valence-corrected chi connectivity index (χ0v) is 11.3. The Balaban J connectivity index is 2.39. The fourth-order valence-corrected chi connectivity index (χ4v) is 3.16. The lowest BCUT2D eigenvalue weighted by molar-refractivity contribution is -0.139. The molecule has 4 heteroatoms. The van der Waals surface area contributed by atoms with E-state index in [4.69, 9.17) is 10.8 Å². The van der Waals surface area contributed by atoms with Crippen molar-refractivity contribution in [3.63, 3.8) is 0 Å². The number of carboxylic acid groups (broad SMARTS) is 1. The Bertz CT molecular complexity index is 574. The van der Waals surface area contributed by atoms with Crippen molar-refractivity contribution in [2.75, 3.05) is 0 Å². The third-order valence-corrected chi connectivity index (χ3v) is 4.28. The fourth-order valence-electron chi connectivity index (χ4n) is 2.16. The van der Waals surface area contributed by atoms with Crippen LogP contribution in [0, 0.1) is 5.41 Å². The number of carbonyl (C=O) groups is 1. The minimum absolute atomic E-state index is 0.0678. The van der Waals surface area contributed by atoms with Gasteiger partial charge in [-0.15, -0.1) is 11.3 Å². The van der Waals surface area contributed by atoms with E-state index in [0.29, 0.717) is 0 Å². The maximum Gasteiger partial charge on any atom is 0.303 e. The molecule has 0 aliphatic carbocycles. The van der Waals surface area contributed by atoms with E-state index in [0.717, 1.165) is 10.9 Å². The van der Waals surface area contributed by atoms with Gasteiger partial charge in [0.2, 0.25) is 0 Å². The first-order valence-corrected chi connectivity index (χ1v) is 6.73. The second kappa shape index (κ2) is 4.71. The summed E-state index contributed by atoms with van der Waals surface area (Å²) < 4.78 is 1.19. The number of nitrogens with two attached hydrogens (primary N) is 1. The van der Waals surface area contributed by atoms with Gasteiger partial charge < -0.3 is 10.8 Å². The van der Waals surface area contributed by atoms with Gasteiger partial charge in [-0.25, -0.2) is 0 Å². The zero-order valence-electron chi connectivity index (χ0n) is 10.5. The quantitative estimate of drug-likeness (QED) is 0.888.